The number of hydrogen-bond acceptors (Lipinski definition) is 3. The van der Waals surface area contributed by atoms with Crippen molar-refractivity contribution in [1.82, 2.24) is 9.88 Å². The number of hydrogen-bond donors (Lipinski definition) is 1. The molecule has 0 saturated carbocycles. The lowest BCUT2D eigenvalue weighted by Crippen LogP contribution is -2.23. The summed E-state index contributed by atoms with van der Waals surface area (Å²) in [6.45, 7) is 8.51. The van der Waals surface area contributed by atoms with Crippen molar-refractivity contribution in [2.75, 3.05) is 20.1 Å². The zero-order valence-corrected chi connectivity index (χ0v) is 11.7. The lowest BCUT2D eigenvalue weighted by Gasteiger charge is -2.21. The third kappa shape index (κ3) is 6.27. The topological polar surface area (TPSA) is 36.4 Å². The van der Waals surface area contributed by atoms with Crippen molar-refractivity contribution >= 4 is 0 Å². The first-order valence-corrected chi connectivity index (χ1v) is 6.19. The number of pyridine rings is 1. The van der Waals surface area contributed by atoms with Crippen molar-refractivity contribution in [2.45, 2.75) is 27.2 Å². The molecule has 0 spiro atoms. The molecule has 0 unspecified atom stereocenters. The van der Waals surface area contributed by atoms with Gasteiger partial charge in [0.25, 0.3) is 0 Å². The molecule has 0 aliphatic rings. The summed E-state index contributed by atoms with van der Waals surface area (Å²) in [5.41, 5.74) is 1.05. The molecule has 98 valence electrons. The van der Waals surface area contributed by atoms with E-state index < -0.39 is 0 Å². The van der Waals surface area contributed by atoms with Crippen molar-refractivity contribution in [1.29, 1.82) is 0 Å². The SMILES string of the molecule is CN(CC#Cc1ccc(O)cn1)CCC(C)(C)C. The summed E-state index contributed by atoms with van der Waals surface area (Å²) in [6, 6.07) is 3.32. The molecule has 1 N–H and O–H groups in total. The fourth-order valence-electron chi connectivity index (χ4n) is 1.33. The van der Waals surface area contributed by atoms with Crippen LogP contribution in [-0.4, -0.2) is 35.1 Å². The molecule has 0 fully saturated rings. The monoisotopic (exact) mass is 246 g/mol. The predicted octanol–water partition coefficient (Wildman–Crippen LogP) is 2.51. The van der Waals surface area contributed by atoms with Crippen LogP contribution in [0.25, 0.3) is 0 Å². The summed E-state index contributed by atoms with van der Waals surface area (Å²) < 4.78 is 0. The minimum atomic E-state index is 0.169. The molecule has 1 aromatic heterocycles. The maximum Gasteiger partial charge on any atom is 0.133 e. The van der Waals surface area contributed by atoms with Crippen LogP contribution in [-0.2, 0) is 0 Å². The van der Waals surface area contributed by atoms with Gasteiger partial charge in [0.05, 0.1) is 12.7 Å². The van der Waals surface area contributed by atoms with Crippen LogP contribution < -0.4 is 0 Å². The van der Waals surface area contributed by atoms with Gasteiger partial charge in [0, 0.05) is 0 Å². The Bertz CT molecular complexity index is 421. The highest BCUT2D eigenvalue weighted by atomic mass is 16.3. The second-order valence-electron chi connectivity index (χ2n) is 5.75. The summed E-state index contributed by atoms with van der Waals surface area (Å²) >= 11 is 0. The van der Waals surface area contributed by atoms with E-state index in [9.17, 15) is 0 Å². The van der Waals surface area contributed by atoms with Crippen LogP contribution in [0.15, 0.2) is 18.3 Å². The maximum absolute atomic E-state index is 9.10. The van der Waals surface area contributed by atoms with Crippen LogP contribution in [0.3, 0.4) is 0 Å². The first-order valence-electron chi connectivity index (χ1n) is 6.19. The molecule has 0 bridgehead atoms. The first kappa shape index (κ1) is 14.5. The van der Waals surface area contributed by atoms with Crippen molar-refractivity contribution < 1.29 is 5.11 Å². The molecule has 3 heteroatoms. The lowest BCUT2D eigenvalue weighted by atomic mass is 9.92. The zero-order valence-electron chi connectivity index (χ0n) is 11.7. The fourth-order valence-corrected chi connectivity index (χ4v) is 1.33. The van der Waals surface area contributed by atoms with Gasteiger partial charge in [-0.05, 0) is 43.5 Å². The standard InChI is InChI=1S/C15H22N2O/c1-15(2,3)9-11-17(4)10-5-6-13-7-8-14(18)12-16-13/h7-8,12,18H,9-11H2,1-4H3. The second-order valence-corrected chi connectivity index (χ2v) is 5.75. The normalized spacial score (nSPS) is 11.2. The quantitative estimate of drug-likeness (QED) is 0.833. The van der Waals surface area contributed by atoms with Crippen LogP contribution in [0.2, 0.25) is 0 Å². The summed E-state index contributed by atoms with van der Waals surface area (Å²) in [5.74, 6) is 6.24. The van der Waals surface area contributed by atoms with Crippen LogP contribution in [0.1, 0.15) is 32.9 Å². The average Bonchev–Trinajstić information content (AvgIpc) is 2.28. The molecule has 0 aromatic carbocycles. The van der Waals surface area contributed by atoms with Crippen LogP contribution in [0, 0.1) is 17.3 Å². The molecule has 1 heterocycles. The number of rotatable bonds is 3. The highest BCUT2D eigenvalue weighted by Crippen LogP contribution is 2.18. The highest BCUT2D eigenvalue weighted by Gasteiger charge is 2.10. The molecule has 0 aliphatic carbocycles. The van der Waals surface area contributed by atoms with Crippen molar-refractivity contribution in [3.05, 3.63) is 24.0 Å². The minimum absolute atomic E-state index is 0.169. The van der Waals surface area contributed by atoms with E-state index in [1.165, 1.54) is 6.20 Å². The Labute approximate surface area is 110 Å². The van der Waals surface area contributed by atoms with E-state index >= 15 is 0 Å². The van der Waals surface area contributed by atoms with E-state index in [1.807, 2.05) is 0 Å². The largest absolute Gasteiger partial charge is 0.506 e. The summed E-state index contributed by atoms with van der Waals surface area (Å²) in [7, 11) is 2.07. The van der Waals surface area contributed by atoms with Gasteiger partial charge in [0.15, 0.2) is 0 Å². The molecule has 18 heavy (non-hydrogen) atoms. The molecular weight excluding hydrogens is 224 g/mol. The molecule has 0 aliphatic heterocycles. The van der Waals surface area contributed by atoms with Gasteiger partial charge < -0.3 is 5.11 Å². The Hall–Kier alpha value is -1.53. The third-order valence-corrected chi connectivity index (χ3v) is 2.56. The second kappa shape index (κ2) is 6.42. The van der Waals surface area contributed by atoms with Gasteiger partial charge in [-0.25, -0.2) is 4.98 Å². The third-order valence-electron chi connectivity index (χ3n) is 2.56. The molecule has 0 saturated heterocycles. The van der Waals surface area contributed by atoms with Gasteiger partial charge in [0.2, 0.25) is 0 Å². The molecule has 0 atom stereocenters. The van der Waals surface area contributed by atoms with Gasteiger partial charge in [-0.2, -0.15) is 0 Å². The molecule has 0 amide bonds. The Morgan fingerprint density at radius 1 is 1.33 bits per heavy atom. The minimum Gasteiger partial charge on any atom is -0.506 e. The van der Waals surface area contributed by atoms with Crippen molar-refractivity contribution in [2.24, 2.45) is 5.41 Å². The number of aromatic hydroxyl groups is 1. The Morgan fingerprint density at radius 3 is 2.61 bits per heavy atom. The Balaban J connectivity index is 2.39. The van der Waals surface area contributed by atoms with Gasteiger partial charge in [-0.3, -0.25) is 4.90 Å². The number of aromatic nitrogens is 1. The number of nitrogens with zero attached hydrogens (tertiary/aromatic N) is 2. The highest BCUT2D eigenvalue weighted by molar-refractivity contribution is 5.30. The van der Waals surface area contributed by atoms with Gasteiger partial charge in [0.1, 0.15) is 11.4 Å². The van der Waals surface area contributed by atoms with Crippen molar-refractivity contribution in [3.63, 3.8) is 0 Å². The molecule has 1 rings (SSSR count). The van der Waals surface area contributed by atoms with E-state index in [2.05, 4.69) is 49.5 Å². The van der Waals surface area contributed by atoms with Gasteiger partial charge in [-0.15, -0.1) is 0 Å². The molecule has 3 nitrogen and oxygen atoms in total. The van der Waals surface area contributed by atoms with E-state index in [0.717, 1.165) is 19.5 Å². The maximum atomic E-state index is 9.10. The Kier molecular flexibility index (Phi) is 5.18. The zero-order chi connectivity index (χ0) is 13.6. The van der Waals surface area contributed by atoms with Gasteiger partial charge in [-0.1, -0.05) is 26.7 Å². The lowest BCUT2D eigenvalue weighted by molar-refractivity contribution is 0.283. The van der Waals surface area contributed by atoms with E-state index in [1.54, 1.807) is 12.1 Å². The average molecular weight is 246 g/mol. The molecule has 0 radical (unpaired) electrons. The van der Waals surface area contributed by atoms with Crippen molar-refractivity contribution in [3.8, 4) is 17.6 Å². The first-order chi connectivity index (χ1) is 8.37. The van der Waals surface area contributed by atoms with E-state index in [-0.39, 0.29) is 5.75 Å². The smallest absolute Gasteiger partial charge is 0.133 e. The Morgan fingerprint density at radius 2 is 2.06 bits per heavy atom. The molecular formula is C15H22N2O. The van der Waals surface area contributed by atoms with E-state index in [4.69, 9.17) is 5.11 Å². The predicted molar refractivity (Wildman–Crippen MR) is 74.3 cm³/mol. The summed E-state index contributed by atoms with van der Waals surface area (Å²) in [6.07, 6.45) is 2.57. The van der Waals surface area contributed by atoms with E-state index in [0.29, 0.717) is 11.1 Å². The van der Waals surface area contributed by atoms with Crippen LogP contribution in [0.5, 0.6) is 5.75 Å². The summed E-state index contributed by atoms with van der Waals surface area (Å²) in [5, 5.41) is 9.10. The van der Waals surface area contributed by atoms with Crippen LogP contribution in [0.4, 0.5) is 0 Å². The van der Waals surface area contributed by atoms with Crippen LogP contribution >= 0.6 is 0 Å². The fraction of sp³-hybridized carbons (Fsp3) is 0.533. The summed E-state index contributed by atoms with van der Waals surface area (Å²) in [4.78, 5) is 6.23. The van der Waals surface area contributed by atoms with Gasteiger partial charge >= 0.3 is 0 Å². The molecule has 1 aromatic rings.